The highest BCUT2D eigenvalue weighted by Crippen LogP contribution is 2.29. The molecule has 0 saturated heterocycles. The number of carbonyl (C=O) groups excluding carboxylic acids is 5. The number of phenols is 1. The number of carbonyl (C=O) groups is 5. The largest absolute Gasteiger partial charge is 0.507 e. The summed E-state index contributed by atoms with van der Waals surface area (Å²) in [5, 5.41) is 18.2. The molecule has 4 N–H and O–H groups in total. The number of hydrogen-bond acceptors (Lipinski definition) is 10. The molecule has 0 heterocycles. The second kappa shape index (κ2) is 26.9. The molecule has 1 aromatic carbocycles. The molecule has 0 spiro atoms. The van der Waals surface area contributed by atoms with Crippen LogP contribution in [0.4, 0.5) is 10.5 Å². The maximum absolute atomic E-state index is 13.4. The minimum atomic E-state index is -1.51. The molecule has 0 saturated carbocycles. The Morgan fingerprint density at radius 1 is 0.836 bits per heavy atom. The zero-order chi connectivity index (χ0) is 41.1. The summed E-state index contributed by atoms with van der Waals surface area (Å²) in [7, 11) is 0. The van der Waals surface area contributed by atoms with E-state index >= 15 is 0 Å². The van der Waals surface area contributed by atoms with Crippen molar-refractivity contribution in [2.45, 2.75) is 105 Å². The predicted molar refractivity (Wildman–Crippen MR) is 220 cm³/mol. The number of anilines is 1. The van der Waals surface area contributed by atoms with Crippen LogP contribution in [0.3, 0.4) is 0 Å². The highest BCUT2D eigenvalue weighted by atomic mass is 32.1. The average molecular weight is 784 g/mol. The molecular weight excluding hydrogens is 723 g/mol. The van der Waals surface area contributed by atoms with Gasteiger partial charge in [-0.3, -0.25) is 19.7 Å². The molecule has 0 radical (unpaired) electrons. The number of esters is 2. The number of hydrogen-bond donors (Lipinski definition) is 5. The van der Waals surface area contributed by atoms with Gasteiger partial charge in [0.05, 0.1) is 0 Å². The molecule has 0 aliphatic heterocycles. The Labute approximate surface area is 332 Å². The van der Waals surface area contributed by atoms with Crippen LogP contribution in [0, 0.1) is 5.41 Å². The van der Waals surface area contributed by atoms with E-state index in [0.717, 1.165) is 25.7 Å². The number of amides is 3. The lowest BCUT2D eigenvalue weighted by molar-refractivity contribution is -0.153. The van der Waals surface area contributed by atoms with Crippen molar-refractivity contribution in [1.29, 1.82) is 0 Å². The van der Waals surface area contributed by atoms with Gasteiger partial charge >= 0.3 is 18.0 Å². The van der Waals surface area contributed by atoms with Crippen molar-refractivity contribution in [2.75, 3.05) is 30.8 Å². The van der Waals surface area contributed by atoms with Gasteiger partial charge in [-0.05, 0) is 77.5 Å². The second-order valence-electron chi connectivity index (χ2n) is 14.2. The molecule has 13 heteroatoms. The molecular formula is C42H61N3O9S. The molecule has 0 aliphatic rings. The third-order valence-corrected chi connectivity index (χ3v) is 7.64. The van der Waals surface area contributed by atoms with Crippen molar-refractivity contribution in [1.82, 2.24) is 10.6 Å². The third-order valence-electron chi connectivity index (χ3n) is 7.41. The molecule has 0 bridgehead atoms. The van der Waals surface area contributed by atoms with Gasteiger partial charge in [-0.25, -0.2) is 9.59 Å². The zero-order valence-electron chi connectivity index (χ0n) is 33.2. The normalized spacial score (nSPS) is 12.8. The fraction of sp³-hybridized carbons (Fsp3) is 0.500. The van der Waals surface area contributed by atoms with E-state index in [1.54, 1.807) is 34.6 Å². The Hall–Kier alpha value is -4.78. The van der Waals surface area contributed by atoms with Gasteiger partial charge in [-0.2, -0.15) is 12.6 Å². The van der Waals surface area contributed by atoms with Crippen molar-refractivity contribution in [3.8, 4) is 5.75 Å². The number of aromatic hydroxyl groups is 1. The van der Waals surface area contributed by atoms with Crippen LogP contribution in [0.15, 0.2) is 79.0 Å². The SMILES string of the molecule is CCC=CCC=CCC=CCC=CC=CCCCC(=O)OCC(C)(C)C(OC(=O)c1cc(NC(=O)OC(C)(C)C)ccc1O)C(=O)NCCC(=O)NCCS. The molecule has 0 fully saturated rings. The number of rotatable bonds is 24. The molecule has 0 aliphatic carbocycles. The van der Waals surface area contributed by atoms with Crippen LogP contribution in [0.5, 0.6) is 5.75 Å². The lowest BCUT2D eigenvalue weighted by Gasteiger charge is -2.32. The number of thiol groups is 1. The van der Waals surface area contributed by atoms with Gasteiger partial charge in [0.1, 0.15) is 23.5 Å². The van der Waals surface area contributed by atoms with Crippen LogP contribution >= 0.6 is 12.6 Å². The van der Waals surface area contributed by atoms with Crippen LogP contribution < -0.4 is 16.0 Å². The van der Waals surface area contributed by atoms with Gasteiger partial charge in [-0.15, -0.1) is 0 Å². The Balaban J connectivity index is 2.83. The molecule has 1 unspecified atom stereocenters. The van der Waals surface area contributed by atoms with Crippen molar-refractivity contribution in [3.05, 3.63) is 84.5 Å². The molecule has 1 atom stereocenters. The summed E-state index contributed by atoms with van der Waals surface area (Å²) in [4.78, 5) is 63.8. The molecule has 1 aromatic rings. The highest BCUT2D eigenvalue weighted by Gasteiger charge is 2.40. The Bertz CT molecular complexity index is 1520. The van der Waals surface area contributed by atoms with E-state index in [-0.39, 0.29) is 43.2 Å². The van der Waals surface area contributed by atoms with E-state index in [9.17, 15) is 29.1 Å². The van der Waals surface area contributed by atoms with Crippen LogP contribution in [0.2, 0.25) is 0 Å². The summed E-state index contributed by atoms with van der Waals surface area (Å²) in [6, 6.07) is 3.74. The van der Waals surface area contributed by atoms with E-state index in [0.29, 0.717) is 25.1 Å². The quantitative estimate of drug-likeness (QED) is 0.0133. The van der Waals surface area contributed by atoms with Gasteiger partial charge in [-0.1, -0.05) is 81.5 Å². The Morgan fingerprint density at radius 3 is 2.11 bits per heavy atom. The van der Waals surface area contributed by atoms with E-state index in [4.69, 9.17) is 14.2 Å². The van der Waals surface area contributed by atoms with Crippen LogP contribution in [0.25, 0.3) is 0 Å². The number of nitrogens with one attached hydrogen (secondary N) is 3. The number of benzene rings is 1. The van der Waals surface area contributed by atoms with Crippen molar-refractivity contribution >= 4 is 48.2 Å². The fourth-order valence-electron chi connectivity index (χ4n) is 4.61. The van der Waals surface area contributed by atoms with Crippen LogP contribution in [-0.4, -0.2) is 72.1 Å². The fourth-order valence-corrected chi connectivity index (χ4v) is 4.72. The van der Waals surface area contributed by atoms with Crippen molar-refractivity contribution in [2.24, 2.45) is 5.41 Å². The molecule has 12 nitrogen and oxygen atoms in total. The number of phenolic OH excluding ortho intramolecular Hbond substituents is 1. The number of unbranched alkanes of at least 4 members (excludes halogenated alkanes) is 1. The van der Waals surface area contributed by atoms with Gasteiger partial charge in [0.25, 0.3) is 5.91 Å². The van der Waals surface area contributed by atoms with Crippen LogP contribution in [-0.2, 0) is 28.6 Å². The van der Waals surface area contributed by atoms with E-state index < -0.39 is 46.8 Å². The summed E-state index contributed by atoms with van der Waals surface area (Å²) in [6.45, 7) is 10.4. The van der Waals surface area contributed by atoms with Crippen molar-refractivity contribution in [3.63, 3.8) is 0 Å². The third kappa shape index (κ3) is 22.9. The molecule has 0 aromatic heterocycles. The van der Waals surface area contributed by atoms with E-state index in [2.05, 4.69) is 72.0 Å². The monoisotopic (exact) mass is 783 g/mol. The van der Waals surface area contributed by atoms with Gasteiger partial charge in [0.2, 0.25) is 5.91 Å². The maximum Gasteiger partial charge on any atom is 0.412 e. The van der Waals surface area contributed by atoms with E-state index in [1.807, 2.05) is 24.3 Å². The van der Waals surface area contributed by atoms with E-state index in [1.165, 1.54) is 18.2 Å². The first-order chi connectivity index (χ1) is 26.1. The van der Waals surface area contributed by atoms with Gasteiger partial charge in [0.15, 0.2) is 6.10 Å². The van der Waals surface area contributed by atoms with Crippen LogP contribution in [0.1, 0.15) is 103 Å². The molecule has 304 valence electrons. The smallest absolute Gasteiger partial charge is 0.412 e. The predicted octanol–water partition coefficient (Wildman–Crippen LogP) is 7.92. The number of ether oxygens (including phenoxy) is 3. The minimum Gasteiger partial charge on any atom is -0.507 e. The topological polar surface area (TPSA) is 169 Å². The second-order valence-corrected chi connectivity index (χ2v) is 14.6. The first-order valence-electron chi connectivity index (χ1n) is 18.7. The maximum atomic E-state index is 13.4. The first-order valence-corrected chi connectivity index (χ1v) is 19.3. The molecule has 55 heavy (non-hydrogen) atoms. The lowest BCUT2D eigenvalue weighted by atomic mass is 9.86. The molecule has 1 rings (SSSR count). The standard InChI is InChI=1S/C42H61N3O9S/c1-7-8-9-10-11-12-13-14-15-16-17-18-19-20-21-22-23-36(48)52-31-42(5,6)37(38(49)44-27-26-35(47)43-28-29-55)53-39(50)33-30-32(24-25-34(33)46)45-40(51)54-41(2,3)4/h8-9,11-12,14-15,17-20,24-25,30,37,46,55H,7,10,13,16,21-23,26-29,31H2,1-6H3,(H,43,47)(H,44,49)(H,45,51). The minimum absolute atomic E-state index is 0.0362. The molecule has 3 amide bonds. The lowest BCUT2D eigenvalue weighted by Crippen LogP contribution is -2.49. The summed E-state index contributed by atoms with van der Waals surface area (Å²) in [5.41, 5.74) is -2.22. The Kier molecular flexibility index (Phi) is 23.6. The number of allylic oxidation sites excluding steroid dienone is 10. The van der Waals surface area contributed by atoms with Gasteiger partial charge in [0, 0.05) is 42.8 Å². The van der Waals surface area contributed by atoms with Gasteiger partial charge < -0.3 is 30.0 Å². The zero-order valence-corrected chi connectivity index (χ0v) is 34.1. The van der Waals surface area contributed by atoms with Crippen molar-refractivity contribution < 1.29 is 43.3 Å². The Morgan fingerprint density at radius 2 is 1.47 bits per heavy atom. The first kappa shape index (κ1) is 48.2. The summed E-state index contributed by atoms with van der Waals surface area (Å²) >= 11 is 4.06. The highest BCUT2D eigenvalue weighted by molar-refractivity contribution is 7.80. The average Bonchev–Trinajstić information content (AvgIpc) is 3.11. The summed E-state index contributed by atoms with van der Waals surface area (Å²) in [5.74, 6) is -2.60. The summed E-state index contributed by atoms with van der Waals surface area (Å²) < 4.78 is 16.4. The summed E-state index contributed by atoms with van der Waals surface area (Å²) in [6.07, 6.45) is 23.5.